The third-order valence-corrected chi connectivity index (χ3v) is 10.9. The van der Waals surface area contributed by atoms with Crippen molar-refractivity contribution in [3.05, 3.63) is 11.6 Å². The van der Waals surface area contributed by atoms with E-state index in [1.165, 1.54) is 31.3 Å². The summed E-state index contributed by atoms with van der Waals surface area (Å²) in [5.74, 6) is 3.58. The van der Waals surface area contributed by atoms with E-state index in [0.29, 0.717) is 0 Å². The lowest BCUT2D eigenvalue weighted by Crippen LogP contribution is -2.43. The zero-order chi connectivity index (χ0) is 13.8. The molecule has 18 heavy (non-hydrogen) atoms. The second-order valence-electron chi connectivity index (χ2n) is 6.62. The molecule has 1 aliphatic carbocycles. The van der Waals surface area contributed by atoms with Crippen molar-refractivity contribution in [1.82, 2.24) is 0 Å². The van der Waals surface area contributed by atoms with Gasteiger partial charge in [0, 0.05) is 0 Å². The van der Waals surface area contributed by atoms with Gasteiger partial charge in [-0.2, -0.15) is 0 Å². The van der Waals surface area contributed by atoms with E-state index >= 15 is 0 Å². The molecule has 1 heteroatoms. The second-order valence-corrected chi connectivity index (χ2v) is 12.2. The van der Waals surface area contributed by atoms with Gasteiger partial charge in [-0.3, -0.25) is 0 Å². The van der Waals surface area contributed by atoms with Crippen LogP contribution in [0.25, 0.3) is 0 Å². The van der Waals surface area contributed by atoms with Crippen LogP contribution in [0.1, 0.15) is 67.2 Å². The molecule has 0 unspecified atom stereocenters. The highest BCUT2D eigenvalue weighted by Crippen LogP contribution is 2.40. The predicted molar refractivity (Wildman–Crippen MR) is 85.4 cm³/mol. The van der Waals surface area contributed by atoms with Crippen LogP contribution in [0.15, 0.2) is 11.6 Å². The van der Waals surface area contributed by atoms with E-state index in [0.717, 1.165) is 16.6 Å². The Morgan fingerprint density at radius 3 is 1.89 bits per heavy atom. The van der Waals surface area contributed by atoms with Gasteiger partial charge in [0.05, 0.1) is 0 Å². The van der Waals surface area contributed by atoms with Gasteiger partial charge in [0.25, 0.3) is 0 Å². The van der Waals surface area contributed by atoms with Gasteiger partial charge in [0.2, 0.25) is 0 Å². The average Bonchev–Trinajstić information content (AvgIpc) is 2.29. The van der Waals surface area contributed by atoms with Gasteiger partial charge in [-0.25, -0.2) is 0 Å². The lowest BCUT2D eigenvalue weighted by molar-refractivity contribution is 0.715. The van der Waals surface area contributed by atoms with Gasteiger partial charge < -0.3 is 0 Å². The van der Waals surface area contributed by atoms with Crippen LogP contribution in [-0.2, 0) is 0 Å². The Morgan fingerprint density at radius 1 is 0.944 bits per heavy atom. The van der Waals surface area contributed by atoms with Crippen LogP contribution >= 0.6 is 0 Å². The molecule has 0 N–H and O–H groups in total. The molecule has 1 rings (SSSR count). The molecule has 0 radical (unpaired) electrons. The Morgan fingerprint density at radius 2 is 1.50 bits per heavy atom. The SMILES string of the molecule is CC(C)[Si](C#CC1=CCCCC1)(C(C)C)C(C)C. The minimum atomic E-state index is -1.51. The molecular formula is C17H30Si. The molecule has 0 bridgehead atoms. The normalized spacial score (nSPS) is 16.8. The largest absolute Gasteiger partial charge is 0.146 e. The summed E-state index contributed by atoms with van der Waals surface area (Å²) in [4.78, 5) is 0. The monoisotopic (exact) mass is 262 g/mol. The van der Waals surface area contributed by atoms with Crippen molar-refractivity contribution in [2.75, 3.05) is 0 Å². The van der Waals surface area contributed by atoms with E-state index in [1.54, 1.807) is 0 Å². The first kappa shape index (κ1) is 15.6. The van der Waals surface area contributed by atoms with Crippen LogP contribution in [0.3, 0.4) is 0 Å². The topological polar surface area (TPSA) is 0 Å². The molecule has 1 aliphatic rings. The van der Waals surface area contributed by atoms with Crippen LogP contribution in [-0.4, -0.2) is 8.07 Å². The highest BCUT2D eigenvalue weighted by atomic mass is 28.3. The molecule has 0 spiro atoms. The molecule has 0 saturated heterocycles. The summed E-state index contributed by atoms with van der Waals surface area (Å²) in [7, 11) is -1.51. The third kappa shape index (κ3) is 3.29. The van der Waals surface area contributed by atoms with Crippen LogP contribution in [0, 0.1) is 11.5 Å². The smallest absolute Gasteiger partial charge is 0.125 e. The molecule has 0 aromatic carbocycles. The van der Waals surface area contributed by atoms with E-state index in [-0.39, 0.29) is 0 Å². The zero-order valence-corrected chi connectivity index (χ0v) is 14.1. The molecule has 0 aromatic heterocycles. The van der Waals surface area contributed by atoms with Crippen molar-refractivity contribution in [2.45, 2.75) is 83.8 Å². The molecule has 0 fully saturated rings. The maximum Gasteiger partial charge on any atom is 0.146 e. The van der Waals surface area contributed by atoms with Gasteiger partial charge in [0.1, 0.15) is 8.07 Å². The minimum absolute atomic E-state index is 0.745. The van der Waals surface area contributed by atoms with Crippen molar-refractivity contribution in [3.8, 4) is 11.5 Å². The highest BCUT2D eigenvalue weighted by Gasteiger charge is 2.41. The molecule has 0 saturated carbocycles. The first-order chi connectivity index (χ1) is 8.41. The Bertz CT molecular complexity index is 328. The predicted octanol–water partition coefficient (Wildman–Crippen LogP) is 5.71. The molecule has 0 heterocycles. The van der Waals surface area contributed by atoms with E-state index in [1.807, 2.05) is 0 Å². The van der Waals surface area contributed by atoms with Gasteiger partial charge in [-0.1, -0.05) is 53.5 Å². The van der Waals surface area contributed by atoms with Crippen LogP contribution in [0.4, 0.5) is 0 Å². The summed E-state index contributed by atoms with van der Waals surface area (Å²) >= 11 is 0. The van der Waals surface area contributed by atoms with Crippen LogP contribution < -0.4 is 0 Å². The van der Waals surface area contributed by atoms with Gasteiger partial charge in [-0.05, 0) is 47.9 Å². The summed E-state index contributed by atoms with van der Waals surface area (Å²) in [5, 5.41) is 0. The fourth-order valence-corrected chi connectivity index (χ4v) is 8.82. The Kier molecular flexibility index (Phi) is 5.72. The van der Waals surface area contributed by atoms with Crippen LogP contribution in [0.5, 0.6) is 0 Å². The number of allylic oxidation sites excluding steroid dienone is 2. The summed E-state index contributed by atoms with van der Waals surface area (Å²) in [6.07, 6.45) is 7.51. The Labute approximate surface area is 115 Å². The summed E-state index contributed by atoms with van der Waals surface area (Å²) < 4.78 is 0. The fourth-order valence-electron chi connectivity index (χ4n) is 3.57. The quantitative estimate of drug-likeness (QED) is 0.451. The maximum atomic E-state index is 3.82. The summed E-state index contributed by atoms with van der Waals surface area (Å²) in [6.45, 7) is 14.3. The van der Waals surface area contributed by atoms with E-state index in [9.17, 15) is 0 Å². The molecule has 0 nitrogen and oxygen atoms in total. The maximum absolute atomic E-state index is 3.82. The lowest BCUT2D eigenvalue weighted by atomic mass is 10.0. The summed E-state index contributed by atoms with van der Waals surface area (Å²) in [5.41, 5.74) is 7.47. The molecule has 102 valence electrons. The molecule has 0 aromatic rings. The summed E-state index contributed by atoms with van der Waals surface area (Å²) in [6, 6.07) is 0. The van der Waals surface area contributed by atoms with Gasteiger partial charge in [-0.15, -0.1) is 5.54 Å². The standard InChI is InChI=1S/C17H30Si/c1-14(2)18(15(3)4,16(5)6)13-12-17-10-8-7-9-11-17/h10,14-16H,7-9,11H2,1-6H3. The van der Waals surface area contributed by atoms with Crippen molar-refractivity contribution >= 4 is 8.07 Å². The van der Waals surface area contributed by atoms with E-state index in [2.05, 4.69) is 59.1 Å². The molecular weight excluding hydrogens is 232 g/mol. The third-order valence-electron chi connectivity index (χ3n) is 4.60. The first-order valence-electron chi connectivity index (χ1n) is 7.63. The number of hydrogen-bond donors (Lipinski definition) is 0. The van der Waals surface area contributed by atoms with Crippen LogP contribution in [0.2, 0.25) is 16.6 Å². The molecule has 0 aliphatic heterocycles. The van der Waals surface area contributed by atoms with Crippen molar-refractivity contribution in [3.63, 3.8) is 0 Å². The van der Waals surface area contributed by atoms with E-state index in [4.69, 9.17) is 0 Å². The highest BCUT2D eigenvalue weighted by molar-refractivity contribution is 6.90. The van der Waals surface area contributed by atoms with Crippen molar-refractivity contribution < 1.29 is 0 Å². The molecule has 0 amide bonds. The Balaban J connectivity index is 3.05. The van der Waals surface area contributed by atoms with Crippen molar-refractivity contribution in [2.24, 2.45) is 0 Å². The average molecular weight is 263 g/mol. The van der Waals surface area contributed by atoms with Gasteiger partial charge >= 0.3 is 0 Å². The van der Waals surface area contributed by atoms with Gasteiger partial charge in [0.15, 0.2) is 0 Å². The lowest BCUT2D eigenvalue weighted by Gasteiger charge is -2.38. The Hall–Kier alpha value is -0.483. The number of hydrogen-bond acceptors (Lipinski definition) is 0. The van der Waals surface area contributed by atoms with E-state index < -0.39 is 8.07 Å². The minimum Gasteiger partial charge on any atom is -0.125 e. The second kappa shape index (κ2) is 6.62. The van der Waals surface area contributed by atoms with Crippen molar-refractivity contribution in [1.29, 1.82) is 0 Å². The fraction of sp³-hybridized carbons (Fsp3) is 0.765. The first-order valence-corrected chi connectivity index (χ1v) is 9.86. The molecule has 0 atom stereocenters. The number of rotatable bonds is 3. The zero-order valence-electron chi connectivity index (χ0n) is 13.1.